The number of carbonyl (C=O) groups is 1. The Hall–Kier alpha value is -1.23. The van der Waals surface area contributed by atoms with E-state index in [1.54, 1.807) is 7.11 Å². The molecule has 0 spiro atoms. The molecule has 7 heteroatoms. The van der Waals surface area contributed by atoms with Gasteiger partial charge >= 0.3 is 130 Å². The topological polar surface area (TPSA) is 71.6 Å². The third-order valence-electron chi connectivity index (χ3n) is 2.74. The van der Waals surface area contributed by atoms with Crippen LogP contribution in [0.15, 0.2) is 18.2 Å². The Kier molecular flexibility index (Phi) is 5.14. The molecule has 1 aromatic rings. The maximum absolute atomic E-state index is 11.9. The van der Waals surface area contributed by atoms with Gasteiger partial charge in [0.1, 0.15) is 0 Å². The van der Waals surface area contributed by atoms with Crippen LogP contribution in [-0.2, 0) is 4.74 Å². The molecule has 1 fully saturated rings. The summed E-state index contributed by atoms with van der Waals surface area (Å²) < 4.78 is 18.7. The fraction of sp³-hybridized carbons (Fsp3) is 0.500. The van der Waals surface area contributed by atoms with Crippen LogP contribution in [0, 0.1) is 0 Å². The molecule has 1 aliphatic heterocycles. The van der Waals surface area contributed by atoms with Gasteiger partial charge in [-0.3, -0.25) is 0 Å². The van der Waals surface area contributed by atoms with Gasteiger partial charge < -0.3 is 0 Å². The summed E-state index contributed by atoms with van der Waals surface area (Å²) in [5, 5.41) is 2.76. The molecule has 1 heterocycles. The third-order valence-corrected chi connectivity index (χ3v) is 6.67. The van der Waals surface area contributed by atoms with Crippen LogP contribution in [0.25, 0.3) is 0 Å². The number of amides is 1. The van der Waals surface area contributed by atoms with Gasteiger partial charge in [-0.05, 0) is 0 Å². The van der Waals surface area contributed by atoms with Gasteiger partial charge in [-0.1, -0.05) is 0 Å². The molecule has 0 bridgehead atoms. The predicted molar refractivity (Wildman–Crippen MR) is 84.2 cm³/mol. The minimum atomic E-state index is -1.41. The number of anilines is 1. The Morgan fingerprint density at radius 2 is 1.95 bits per heavy atom. The summed E-state index contributed by atoms with van der Waals surface area (Å²) in [5.41, 5.74) is 0.104. The van der Waals surface area contributed by atoms with Crippen molar-refractivity contribution < 1.29 is 14.3 Å². The van der Waals surface area contributed by atoms with Crippen LogP contribution in [-0.4, -0.2) is 47.0 Å². The summed E-state index contributed by atoms with van der Waals surface area (Å²) in [5.74, 6) is 0.623. The van der Waals surface area contributed by atoms with Gasteiger partial charge in [-0.25, -0.2) is 0 Å². The fourth-order valence-corrected chi connectivity index (χ4v) is 5.34. The van der Waals surface area contributed by atoms with E-state index in [0.717, 1.165) is 13.1 Å². The van der Waals surface area contributed by atoms with Crippen LogP contribution in [0.4, 0.5) is 10.5 Å². The van der Waals surface area contributed by atoms with Gasteiger partial charge in [0.2, 0.25) is 0 Å². The van der Waals surface area contributed by atoms with Crippen molar-refractivity contribution in [3.8, 4) is 5.75 Å². The zero-order valence-electron chi connectivity index (χ0n) is 12.8. The van der Waals surface area contributed by atoms with Crippen LogP contribution in [0.3, 0.4) is 0 Å². The second kappa shape index (κ2) is 6.69. The Morgan fingerprint density at radius 3 is 2.52 bits per heavy atom. The molecule has 1 aliphatic rings. The van der Waals surface area contributed by atoms with E-state index in [-0.39, 0.29) is 0 Å². The molecule has 0 saturated carbocycles. The van der Waals surface area contributed by atoms with Gasteiger partial charge in [-0.2, -0.15) is 0 Å². The average molecular weight is 355 g/mol. The predicted octanol–water partition coefficient (Wildman–Crippen LogP) is 0.930. The molecule has 0 aliphatic carbocycles. The first-order valence-corrected chi connectivity index (χ1v) is 9.66. The second-order valence-electron chi connectivity index (χ2n) is 5.66. The molecule has 21 heavy (non-hydrogen) atoms. The fourth-order valence-electron chi connectivity index (χ4n) is 1.92. The first-order chi connectivity index (χ1) is 9.89. The average Bonchev–Trinajstić information content (AvgIpc) is 2.90. The molecule has 0 atom stereocenters. The van der Waals surface area contributed by atoms with Crippen LogP contribution in [0.2, 0.25) is 0 Å². The summed E-state index contributed by atoms with van der Waals surface area (Å²) in [6.45, 7) is 7.47. The van der Waals surface area contributed by atoms with E-state index in [2.05, 4.69) is 13.8 Å². The van der Waals surface area contributed by atoms with Gasteiger partial charge in [-0.15, -0.1) is 0 Å². The summed E-state index contributed by atoms with van der Waals surface area (Å²) in [7, 11) is 1.58. The summed E-state index contributed by atoms with van der Waals surface area (Å²) in [6.07, 6.45) is -0.479. The Morgan fingerprint density at radius 1 is 1.29 bits per heavy atom. The van der Waals surface area contributed by atoms with Gasteiger partial charge in [0, 0.05) is 0 Å². The SMILES string of the molecule is COc1ccc([As]2NCCN2)cc1NC(=O)OC(C)(C)C. The number of hydrogen-bond acceptors (Lipinski definition) is 5. The van der Waals surface area contributed by atoms with E-state index in [4.69, 9.17) is 9.47 Å². The van der Waals surface area contributed by atoms with Gasteiger partial charge in [0.05, 0.1) is 0 Å². The molecule has 2 rings (SSSR count). The van der Waals surface area contributed by atoms with Crippen LogP contribution >= 0.6 is 0 Å². The molecule has 0 aromatic heterocycles. The summed E-state index contributed by atoms with van der Waals surface area (Å²) >= 11 is -1.41. The van der Waals surface area contributed by atoms with E-state index in [0.29, 0.717) is 11.4 Å². The van der Waals surface area contributed by atoms with Gasteiger partial charge in [0.25, 0.3) is 0 Å². The Balaban J connectivity index is 2.15. The number of methoxy groups -OCH3 is 1. The summed E-state index contributed by atoms with van der Waals surface area (Å²) in [6, 6.07) is 5.86. The normalized spacial score (nSPS) is 15.8. The molecule has 3 N–H and O–H groups in total. The number of benzene rings is 1. The molecule has 6 nitrogen and oxygen atoms in total. The molecule has 116 valence electrons. The summed E-state index contributed by atoms with van der Waals surface area (Å²) in [4.78, 5) is 11.9. The van der Waals surface area contributed by atoms with Crippen molar-refractivity contribution in [2.75, 3.05) is 25.5 Å². The van der Waals surface area contributed by atoms with Crippen molar-refractivity contribution in [2.45, 2.75) is 26.4 Å². The molecular weight excluding hydrogens is 333 g/mol. The third kappa shape index (κ3) is 4.63. The van der Waals surface area contributed by atoms with Crippen molar-refractivity contribution in [1.82, 2.24) is 8.47 Å². The molecular formula is C14H22AsN3O3. The number of ether oxygens (including phenoxy) is 2. The van der Waals surface area contributed by atoms with Crippen molar-refractivity contribution in [2.24, 2.45) is 0 Å². The molecule has 1 saturated heterocycles. The number of rotatable bonds is 3. The van der Waals surface area contributed by atoms with Crippen LogP contribution < -0.4 is 22.9 Å². The number of hydrogen-bond donors (Lipinski definition) is 3. The van der Waals surface area contributed by atoms with Gasteiger partial charge in [0.15, 0.2) is 0 Å². The monoisotopic (exact) mass is 355 g/mol. The standard InChI is InChI=1S/C14H22AsN3O3/c1-14(2,3)21-13(19)18-11-9-10(5-6-12(11)20-4)15-16-7-8-17-15/h5-6,9,16-17H,7-8H2,1-4H3,(H,18,19). The van der Waals surface area contributed by atoms with Crippen molar-refractivity contribution in [3.63, 3.8) is 0 Å². The zero-order valence-corrected chi connectivity index (χ0v) is 14.7. The van der Waals surface area contributed by atoms with E-state index >= 15 is 0 Å². The van der Waals surface area contributed by atoms with E-state index in [9.17, 15) is 4.79 Å². The van der Waals surface area contributed by atoms with Crippen molar-refractivity contribution >= 4 is 31.2 Å². The second-order valence-corrected chi connectivity index (χ2v) is 9.48. The Bertz CT molecular complexity index is 511. The minimum absolute atomic E-state index is 0.479. The first kappa shape index (κ1) is 16.1. The van der Waals surface area contributed by atoms with Crippen LogP contribution in [0.5, 0.6) is 5.75 Å². The van der Waals surface area contributed by atoms with Crippen molar-refractivity contribution in [3.05, 3.63) is 18.2 Å². The zero-order chi connectivity index (χ0) is 15.5. The first-order valence-electron chi connectivity index (χ1n) is 6.84. The van der Waals surface area contributed by atoms with E-state index in [1.165, 1.54) is 4.35 Å². The van der Waals surface area contributed by atoms with Crippen molar-refractivity contribution in [1.29, 1.82) is 0 Å². The molecule has 0 radical (unpaired) electrons. The maximum atomic E-state index is 11.9. The molecule has 1 aromatic carbocycles. The number of carbonyl (C=O) groups excluding carboxylic acids is 1. The van der Waals surface area contributed by atoms with E-state index < -0.39 is 26.8 Å². The molecule has 1 amide bonds. The Labute approximate surface area is 130 Å². The van der Waals surface area contributed by atoms with E-state index in [1.807, 2.05) is 39.0 Å². The number of nitrogens with one attached hydrogen (secondary N) is 3. The quantitative estimate of drug-likeness (QED) is 0.704. The van der Waals surface area contributed by atoms with Crippen LogP contribution in [0.1, 0.15) is 20.8 Å². The molecule has 0 unspecified atom stereocenters.